The lowest BCUT2D eigenvalue weighted by molar-refractivity contribution is 0.120. The topological polar surface area (TPSA) is 15.3 Å². The van der Waals surface area contributed by atoms with Gasteiger partial charge in [-0.05, 0) is 58.4 Å². The van der Waals surface area contributed by atoms with Crippen molar-refractivity contribution in [3.63, 3.8) is 0 Å². The molecule has 1 aliphatic heterocycles. The van der Waals surface area contributed by atoms with Gasteiger partial charge in [0, 0.05) is 23.4 Å². The Kier molecular flexibility index (Phi) is 5.19. The third-order valence-corrected chi connectivity index (χ3v) is 6.14. The van der Waals surface area contributed by atoms with Gasteiger partial charge in [0.05, 0.1) is 0 Å². The Labute approximate surface area is 111 Å². The van der Waals surface area contributed by atoms with E-state index in [0.717, 1.165) is 23.4 Å². The third kappa shape index (κ3) is 3.39. The van der Waals surface area contributed by atoms with E-state index in [4.69, 9.17) is 0 Å². The molecule has 0 radical (unpaired) electrons. The summed E-state index contributed by atoms with van der Waals surface area (Å²) in [4.78, 5) is 2.71. The first-order valence-electron chi connectivity index (χ1n) is 7.23. The molecule has 2 rings (SSSR count). The zero-order valence-corrected chi connectivity index (χ0v) is 12.4. The Hall–Kier alpha value is 0.270. The maximum Gasteiger partial charge on any atom is 0.0212 e. The minimum absolute atomic E-state index is 0.776. The summed E-state index contributed by atoms with van der Waals surface area (Å²) in [6.45, 7) is 2.42. The van der Waals surface area contributed by atoms with Gasteiger partial charge in [-0.3, -0.25) is 4.90 Å². The average molecular weight is 256 g/mol. The summed E-state index contributed by atoms with van der Waals surface area (Å²) in [6.07, 6.45) is 8.32. The van der Waals surface area contributed by atoms with Crippen molar-refractivity contribution in [2.45, 2.75) is 68.8 Å². The molecule has 2 atom stereocenters. The van der Waals surface area contributed by atoms with Gasteiger partial charge in [-0.25, -0.2) is 0 Å². The molecule has 1 aliphatic carbocycles. The van der Waals surface area contributed by atoms with Crippen LogP contribution in [-0.4, -0.2) is 48.1 Å². The molecule has 2 aliphatic rings. The fraction of sp³-hybridized carbons (Fsp3) is 1.00. The standard InChI is InChI=1S/C14H28N2S/c1-11-14(5-4-10-17-11)16(3)13-8-6-12(15-2)7-9-13/h11-15H,4-10H2,1-3H3. The lowest BCUT2D eigenvalue weighted by atomic mass is 9.89. The van der Waals surface area contributed by atoms with Crippen molar-refractivity contribution in [3.8, 4) is 0 Å². The quantitative estimate of drug-likeness (QED) is 0.836. The predicted molar refractivity (Wildman–Crippen MR) is 77.8 cm³/mol. The predicted octanol–water partition coefficient (Wildman–Crippen LogP) is 2.73. The van der Waals surface area contributed by atoms with Crippen molar-refractivity contribution < 1.29 is 0 Å². The molecule has 1 N–H and O–H groups in total. The van der Waals surface area contributed by atoms with Crippen molar-refractivity contribution in [2.75, 3.05) is 19.8 Å². The monoisotopic (exact) mass is 256 g/mol. The van der Waals surface area contributed by atoms with Gasteiger partial charge in [0.1, 0.15) is 0 Å². The molecule has 17 heavy (non-hydrogen) atoms. The summed E-state index contributed by atoms with van der Waals surface area (Å²) in [6, 6.07) is 2.44. The number of nitrogens with one attached hydrogen (secondary N) is 1. The molecule has 1 saturated heterocycles. The van der Waals surface area contributed by atoms with Gasteiger partial charge in [0.2, 0.25) is 0 Å². The molecule has 2 unspecified atom stereocenters. The van der Waals surface area contributed by atoms with Crippen LogP contribution in [-0.2, 0) is 0 Å². The van der Waals surface area contributed by atoms with E-state index in [0.29, 0.717) is 0 Å². The fourth-order valence-electron chi connectivity index (χ4n) is 3.48. The first-order valence-corrected chi connectivity index (χ1v) is 8.28. The summed E-state index contributed by atoms with van der Waals surface area (Å²) in [7, 11) is 4.48. The Morgan fingerprint density at radius 3 is 2.41 bits per heavy atom. The van der Waals surface area contributed by atoms with Crippen molar-refractivity contribution in [1.29, 1.82) is 0 Å². The summed E-state index contributed by atoms with van der Waals surface area (Å²) < 4.78 is 0. The number of nitrogens with zero attached hydrogens (tertiary/aromatic N) is 1. The van der Waals surface area contributed by atoms with Gasteiger partial charge in [-0.15, -0.1) is 0 Å². The summed E-state index contributed by atoms with van der Waals surface area (Å²) in [5, 5.41) is 4.26. The van der Waals surface area contributed by atoms with Gasteiger partial charge >= 0.3 is 0 Å². The lowest BCUT2D eigenvalue weighted by Gasteiger charge is -2.43. The van der Waals surface area contributed by atoms with Crippen LogP contribution in [0.3, 0.4) is 0 Å². The molecule has 0 aromatic rings. The van der Waals surface area contributed by atoms with Crippen molar-refractivity contribution in [2.24, 2.45) is 0 Å². The highest BCUT2D eigenvalue weighted by molar-refractivity contribution is 7.99. The van der Waals surface area contributed by atoms with Gasteiger partial charge in [0.15, 0.2) is 0 Å². The second-order valence-corrected chi connectivity index (χ2v) is 7.23. The van der Waals surface area contributed by atoms with Crippen LogP contribution in [0.15, 0.2) is 0 Å². The van der Waals surface area contributed by atoms with E-state index >= 15 is 0 Å². The molecule has 1 heterocycles. The summed E-state index contributed by atoms with van der Waals surface area (Å²) in [5.41, 5.74) is 0. The molecule has 1 saturated carbocycles. The smallest absolute Gasteiger partial charge is 0.0212 e. The highest BCUT2D eigenvalue weighted by Crippen LogP contribution is 2.32. The molecule has 3 heteroatoms. The van der Waals surface area contributed by atoms with Crippen molar-refractivity contribution >= 4 is 11.8 Å². The van der Waals surface area contributed by atoms with Crippen LogP contribution in [0.2, 0.25) is 0 Å². The fourth-order valence-corrected chi connectivity index (χ4v) is 4.74. The van der Waals surface area contributed by atoms with Crippen LogP contribution in [0.5, 0.6) is 0 Å². The Bertz CT molecular complexity index is 226. The van der Waals surface area contributed by atoms with Crippen LogP contribution in [0.1, 0.15) is 45.4 Å². The van der Waals surface area contributed by atoms with Gasteiger partial charge in [0.25, 0.3) is 0 Å². The SMILES string of the molecule is CNC1CCC(N(C)C2CCCSC2C)CC1. The molecule has 0 spiro atoms. The third-order valence-electron chi connectivity index (χ3n) is 4.77. The van der Waals surface area contributed by atoms with E-state index in [1.807, 2.05) is 0 Å². The summed E-state index contributed by atoms with van der Waals surface area (Å²) >= 11 is 2.17. The zero-order chi connectivity index (χ0) is 12.3. The number of hydrogen-bond acceptors (Lipinski definition) is 3. The van der Waals surface area contributed by atoms with E-state index in [1.54, 1.807) is 0 Å². The molecule has 2 nitrogen and oxygen atoms in total. The largest absolute Gasteiger partial charge is 0.317 e. The van der Waals surface area contributed by atoms with Crippen LogP contribution in [0.4, 0.5) is 0 Å². The second kappa shape index (κ2) is 6.44. The van der Waals surface area contributed by atoms with Gasteiger partial charge in [-0.2, -0.15) is 11.8 Å². The normalized spacial score (nSPS) is 39.5. The van der Waals surface area contributed by atoms with Crippen LogP contribution < -0.4 is 5.32 Å². The molecule has 0 bridgehead atoms. The van der Waals surface area contributed by atoms with E-state index in [2.05, 4.69) is 43.0 Å². The molecule has 0 aromatic heterocycles. The van der Waals surface area contributed by atoms with Crippen LogP contribution in [0.25, 0.3) is 0 Å². The Morgan fingerprint density at radius 1 is 1.12 bits per heavy atom. The van der Waals surface area contributed by atoms with Crippen LogP contribution >= 0.6 is 11.8 Å². The maximum absolute atomic E-state index is 3.43. The Morgan fingerprint density at radius 2 is 1.82 bits per heavy atom. The van der Waals surface area contributed by atoms with E-state index in [-0.39, 0.29) is 0 Å². The maximum atomic E-state index is 3.43. The molecule has 100 valence electrons. The molecular formula is C14H28N2S. The Balaban J connectivity index is 1.85. The molecular weight excluding hydrogens is 228 g/mol. The van der Waals surface area contributed by atoms with E-state index in [1.165, 1.54) is 44.3 Å². The molecule has 2 fully saturated rings. The number of hydrogen-bond donors (Lipinski definition) is 1. The second-order valence-electron chi connectivity index (χ2n) is 5.75. The summed E-state index contributed by atoms with van der Waals surface area (Å²) in [5.74, 6) is 1.37. The van der Waals surface area contributed by atoms with Crippen molar-refractivity contribution in [1.82, 2.24) is 10.2 Å². The highest BCUT2D eigenvalue weighted by atomic mass is 32.2. The highest BCUT2D eigenvalue weighted by Gasteiger charge is 2.31. The molecule has 0 amide bonds. The van der Waals surface area contributed by atoms with Crippen molar-refractivity contribution in [3.05, 3.63) is 0 Å². The lowest BCUT2D eigenvalue weighted by Crippen LogP contribution is -2.48. The zero-order valence-electron chi connectivity index (χ0n) is 11.6. The first-order chi connectivity index (χ1) is 8.22. The molecule has 0 aromatic carbocycles. The van der Waals surface area contributed by atoms with Gasteiger partial charge < -0.3 is 5.32 Å². The van der Waals surface area contributed by atoms with Gasteiger partial charge in [-0.1, -0.05) is 6.92 Å². The minimum atomic E-state index is 0.776. The number of thioether (sulfide) groups is 1. The number of rotatable bonds is 3. The van der Waals surface area contributed by atoms with E-state index in [9.17, 15) is 0 Å². The average Bonchev–Trinajstić information content (AvgIpc) is 2.39. The van der Waals surface area contributed by atoms with E-state index < -0.39 is 0 Å². The van der Waals surface area contributed by atoms with Crippen LogP contribution in [0, 0.1) is 0 Å². The first kappa shape index (κ1) is 13.7. The minimum Gasteiger partial charge on any atom is -0.317 e.